The normalized spacial score (nSPS) is 13.4. The Labute approximate surface area is 60.1 Å². The van der Waals surface area contributed by atoms with Gasteiger partial charge in [-0.05, 0) is 25.8 Å². The molecular weight excluding hydrogens is 128 g/mol. The predicted molar refractivity (Wildman–Crippen MR) is 38.6 cm³/mol. The molecule has 0 aliphatic carbocycles. The van der Waals surface area contributed by atoms with Crippen molar-refractivity contribution in [2.45, 2.75) is 25.9 Å². The summed E-state index contributed by atoms with van der Waals surface area (Å²) >= 11 is 0. The lowest BCUT2D eigenvalue weighted by atomic mass is 10.2. The molecule has 0 saturated carbocycles. The molecule has 1 aromatic rings. The minimum absolute atomic E-state index is 0.219. The van der Waals surface area contributed by atoms with E-state index in [-0.39, 0.29) is 6.10 Å². The monoisotopic (exact) mass is 140 g/mol. The summed E-state index contributed by atoms with van der Waals surface area (Å²) in [5.74, 6) is 0. The van der Waals surface area contributed by atoms with Crippen LogP contribution in [0, 0.1) is 0 Å². The van der Waals surface area contributed by atoms with Gasteiger partial charge >= 0.3 is 0 Å². The van der Waals surface area contributed by atoms with Gasteiger partial charge in [-0.25, -0.2) is 0 Å². The molecule has 1 rings (SSSR count). The molecule has 0 saturated heterocycles. The number of hydrogen-bond acceptors (Lipinski definition) is 2. The Balaban J connectivity index is 2.28. The molecule has 0 spiro atoms. The summed E-state index contributed by atoms with van der Waals surface area (Å²) in [6, 6.07) is 1.92. The van der Waals surface area contributed by atoms with Gasteiger partial charge in [0.25, 0.3) is 0 Å². The molecule has 0 fully saturated rings. The summed E-state index contributed by atoms with van der Waals surface area (Å²) in [6.07, 6.45) is 3.17. The Bertz CT molecular complexity index is 170. The van der Waals surface area contributed by atoms with Crippen molar-refractivity contribution in [3.8, 4) is 0 Å². The van der Waals surface area contributed by atoms with Gasteiger partial charge in [0.05, 0.1) is 6.10 Å². The highest BCUT2D eigenvalue weighted by Crippen LogP contribution is 1.99. The highest BCUT2D eigenvalue weighted by molar-refractivity contribution is 4.97. The Morgan fingerprint density at radius 2 is 2.60 bits per heavy atom. The first-order valence-electron chi connectivity index (χ1n) is 3.45. The Kier molecular flexibility index (Phi) is 2.45. The highest BCUT2D eigenvalue weighted by atomic mass is 16.3. The first kappa shape index (κ1) is 7.28. The van der Waals surface area contributed by atoms with Gasteiger partial charge in [0.15, 0.2) is 0 Å². The molecule has 0 aliphatic rings. The zero-order valence-electron chi connectivity index (χ0n) is 6.04. The SMILES string of the molecule is C[C@@H](O)CCc1ccn[nH]1. The van der Waals surface area contributed by atoms with E-state index in [2.05, 4.69) is 10.2 Å². The molecule has 1 atom stereocenters. The van der Waals surface area contributed by atoms with Crippen molar-refractivity contribution >= 4 is 0 Å². The number of hydrogen-bond donors (Lipinski definition) is 2. The Morgan fingerprint density at radius 3 is 3.10 bits per heavy atom. The number of nitrogens with one attached hydrogen (secondary N) is 1. The number of aromatic amines is 1. The van der Waals surface area contributed by atoms with Gasteiger partial charge in [-0.3, -0.25) is 5.10 Å². The third-order valence-electron chi connectivity index (χ3n) is 1.39. The van der Waals surface area contributed by atoms with Gasteiger partial charge in [-0.15, -0.1) is 0 Å². The fraction of sp³-hybridized carbons (Fsp3) is 0.571. The second kappa shape index (κ2) is 3.37. The summed E-state index contributed by atoms with van der Waals surface area (Å²) in [5, 5.41) is 15.5. The van der Waals surface area contributed by atoms with E-state index in [1.807, 2.05) is 6.07 Å². The predicted octanol–water partition coefficient (Wildman–Crippen LogP) is 0.723. The summed E-state index contributed by atoms with van der Waals surface area (Å²) in [7, 11) is 0. The van der Waals surface area contributed by atoms with Crippen LogP contribution in [0.2, 0.25) is 0 Å². The maximum absolute atomic E-state index is 8.92. The van der Waals surface area contributed by atoms with E-state index in [4.69, 9.17) is 5.11 Å². The van der Waals surface area contributed by atoms with E-state index < -0.39 is 0 Å². The molecule has 0 aliphatic heterocycles. The molecule has 56 valence electrons. The van der Waals surface area contributed by atoms with Crippen LogP contribution in [0.25, 0.3) is 0 Å². The zero-order chi connectivity index (χ0) is 7.40. The summed E-state index contributed by atoms with van der Waals surface area (Å²) < 4.78 is 0. The van der Waals surface area contributed by atoms with Gasteiger partial charge in [0.2, 0.25) is 0 Å². The second-order valence-corrected chi connectivity index (χ2v) is 2.47. The molecule has 0 radical (unpaired) electrons. The third kappa shape index (κ3) is 2.19. The van der Waals surface area contributed by atoms with E-state index in [1.54, 1.807) is 13.1 Å². The van der Waals surface area contributed by atoms with Gasteiger partial charge in [-0.2, -0.15) is 5.10 Å². The lowest BCUT2D eigenvalue weighted by Gasteiger charge is -1.99. The van der Waals surface area contributed by atoms with Crippen molar-refractivity contribution in [1.82, 2.24) is 10.2 Å². The van der Waals surface area contributed by atoms with Crippen LogP contribution >= 0.6 is 0 Å². The molecule has 1 aromatic heterocycles. The van der Waals surface area contributed by atoms with Crippen molar-refractivity contribution in [1.29, 1.82) is 0 Å². The van der Waals surface area contributed by atoms with Gasteiger partial charge in [0.1, 0.15) is 0 Å². The van der Waals surface area contributed by atoms with Gasteiger partial charge in [-0.1, -0.05) is 0 Å². The van der Waals surface area contributed by atoms with Crippen molar-refractivity contribution < 1.29 is 5.11 Å². The Morgan fingerprint density at radius 1 is 1.80 bits per heavy atom. The van der Waals surface area contributed by atoms with Gasteiger partial charge < -0.3 is 5.11 Å². The minimum Gasteiger partial charge on any atom is -0.393 e. The zero-order valence-corrected chi connectivity index (χ0v) is 6.04. The fourth-order valence-corrected chi connectivity index (χ4v) is 0.788. The average Bonchev–Trinajstić information content (AvgIpc) is 2.34. The standard InChI is InChI=1S/C7H12N2O/c1-6(10)2-3-7-4-5-8-9-7/h4-6,10H,2-3H2,1H3,(H,8,9)/t6-/m1/s1. The summed E-state index contributed by atoms with van der Waals surface area (Å²) in [6.45, 7) is 1.79. The smallest absolute Gasteiger partial charge is 0.0515 e. The lowest BCUT2D eigenvalue weighted by molar-refractivity contribution is 0.184. The van der Waals surface area contributed by atoms with E-state index in [0.717, 1.165) is 18.5 Å². The molecule has 1 heterocycles. The van der Waals surface area contributed by atoms with Gasteiger partial charge in [0, 0.05) is 11.9 Å². The van der Waals surface area contributed by atoms with E-state index in [0.29, 0.717) is 0 Å². The number of H-pyrrole nitrogens is 1. The van der Waals surface area contributed by atoms with Crippen LogP contribution in [-0.2, 0) is 6.42 Å². The van der Waals surface area contributed by atoms with Crippen LogP contribution in [0.5, 0.6) is 0 Å². The maximum atomic E-state index is 8.92. The molecule has 0 amide bonds. The number of aryl methyl sites for hydroxylation is 1. The maximum Gasteiger partial charge on any atom is 0.0515 e. The average molecular weight is 140 g/mol. The van der Waals surface area contributed by atoms with E-state index >= 15 is 0 Å². The van der Waals surface area contributed by atoms with E-state index in [1.165, 1.54) is 0 Å². The molecule has 2 N–H and O–H groups in total. The van der Waals surface area contributed by atoms with E-state index in [9.17, 15) is 0 Å². The first-order valence-corrected chi connectivity index (χ1v) is 3.45. The first-order chi connectivity index (χ1) is 4.79. The van der Waals surface area contributed by atoms with Crippen LogP contribution in [0.1, 0.15) is 19.0 Å². The molecule has 0 bridgehead atoms. The lowest BCUT2D eigenvalue weighted by Crippen LogP contribution is -2.01. The summed E-state index contributed by atoms with van der Waals surface area (Å²) in [4.78, 5) is 0. The largest absolute Gasteiger partial charge is 0.393 e. The highest BCUT2D eigenvalue weighted by Gasteiger charge is 1.97. The number of aromatic nitrogens is 2. The quantitative estimate of drug-likeness (QED) is 0.650. The topological polar surface area (TPSA) is 48.9 Å². The molecule has 3 nitrogen and oxygen atoms in total. The third-order valence-corrected chi connectivity index (χ3v) is 1.39. The van der Waals surface area contributed by atoms with Crippen LogP contribution in [0.3, 0.4) is 0 Å². The number of rotatable bonds is 3. The molecular formula is C7H12N2O. The van der Waals surface area contributed by atoms with Crippen molar-refractivity contribution in [2.75, 3.05) is 0 Å². The van der Waals surface area contributed by atoms with Crippen LogP contribution in [0.15, 0.2) is 12.3 Å². The number of nitrogens with zero attached hydrogens (tertiary/aromatic N) is 1. The van der Waals surface area contributed by atoms with Crippen molar-refractivity contribution in [3.63, 3.8) is 0 Å². The van der Waals surface area contributed by atoms with Crippen LogP contribution in [0.4, 0.5) is 0 Å². The number of aliphatic hydroxyl groups excluding tert-OH is 1. The molecule has 10 heavy (non-hydrogen) atoms. The molecule has 3 heteroatoms. The minimum atomic E-state index is -0.219. The fourth-order valence-electron chi connectivity index (χ4n) is 0.788. The molecule has 0 unspecified atom stereocenters. The van der Waals surface area contributed by atoms with Crippen LogP contribution in [-0.4, -0.2) is 21.4 Å². The second-order valence-electron chi connectivity index (χ2n) is 2.47. The summed E-state index contributed by atoms with van der Waals surface area (Å²) in [5.41, 5.74) is 1.08. The molecule has 0 aromatic carbocycles. The Hall–Kier alpha value is -0.830. The van der Waals surface area contributed by atoms with Crippen molar-refractivity contribution in [3.05, 3.63) is 18.0 Å². The van der Waals surface area contributed by atoms with Crippen LogP contribution < -0.4 is 0 Å². The van der Waals surface area contributed by atoms with Crippen molar-refractivity contribution in [2.24, 2.45) is 0 Å². The number of aliphatic hydroxyl groups is 1.